The fraction of sp³-hybridized carbons (Fsp3) is 0.469. The van der Waals surface area contributed by atoms with Crippen LogP contribution in [0.2, 0.25) is 0 Å². The second kappa shape index (κ2) is 16.8. The van der Waals surface area contributed by atoms with E-state index in [0.717, 1.165) is 104 Å². The van der Waals surface area contributed by atoms with Crippen LogP contribution in [0, 0.1) is 5.92 Å². The van der Waals surface area contributed by atoms with E-state index >= 15 is 8.78 Å². The molecule has 5 aromatic rings. The van der Waals surface area contributed by atoms with Crippen LogP contribution in [-0.2, 0) is 40.3 Å². The number of nitrogens with zero attached hydrogens (tertiary/aromatic N) is 9. The highest BCUT2D eigenvalue weighted by Gasteiger charge is 2.40. The Labute approximate surface area is 381 Å². The molecule has 3 saturated heterocycles. The molecule has 2 atom stereocenters. The summed E-state index contributed by atoms with van der Waals surface area (Å²) >= 11 is 0. The topological polar surface area (TPSA) is 141 Å². The van der Waals surface area contributed by atoms with Gasteiger partial charge in [-0.1, -0.05) is 0 Å². The van der Waals surface area contributed by atoms with Crippen LogP contribution in [0.25, 0.3) is 16.8 Å². The number of benzene rings is 2. The second-order valence-electron chi connectivity index (χ2n) is 18.8. The Kier molecular flexibility index (Phi) is 10.8. The smallest absolute Gasteiger partial charge is 0.264 e. The molecule has 66 heavy (non-hydrogen) atoms. The zero-order valence-electron chi connectivity index (χ0n) is 37.3. The molecule has 15 nitrogen and oxygen atoms in total. The molecule has 344 valence electrons. The number of carbonyl (C=O) groups is 4. The van der Waals surface area contributed by atoms with Crippen LogP contribution in [0.4, 0.5) is 26.0 Å². The summed E-state index contributed by atoms with van der Waals surface area (Å²) in [7, 11) is 1.55. The van der Waals surface area contributed by atoms with Crippen molar-refractivity contribution in [3.05, 3.63) is 88.5 Å². The number of hydrogen-bond acceptors (Lipinski definition) is 10. The van der Waals surface area contributed by atoms with Crippen molar-refractivity contribution in [2.24, 2.45) is 5.92 Å². The third-order valence-corrected chi connectivity index (χ3v) is 15.0. The van der Waals surface area contributed by atoms with Gasteiger partial charge in [-0.15, -0.1) is 0 Å². The van der Waals surface area contributed by atoms with Gasteiger partial charge in [0.15, 0.2) is 5.82 Å². The molecule has 1 unspecified atom stereocenters. The first-order valence-electron chi connectivity index (χ1n) is 23.4. The van der Waals surface area contributed by atoms with Crippen LogP contribution in [0.5, 0.6) is 5.75 Å². The quantitative estimate of drug-likeness (QED) is 0.174. The third kappa shape index (κ3) is 7.44. The van der Waals surface area contributed by atoms with E-state index in [1.54, 1.807) is 49.7 Å². The number of amides is 4. The second-order valence-corrected chi connectivity index (χ2v) is 18.8. The summed E-state index contributed by atoms with van der Waals surface area (Å²) in [6.45, 7) is 8.35. The van der Waals surface area contributed by atoms with Gasteiger partial charge in [-0.05, 0) is 97.5 Å². The highest BCUT2D eigenvalue weighted by molar-refractivity contribution is 6.05. The molecule has 0 aliphatic carbocycles. The van der Waals surface area contributed by atoms with Crippen LogP contribution < -0.4 is 19.9 Å². The number of likely N-dealkylation sites (tertiary alicyclic amines) is 1. The van der Waals surface area contributed by atoms with E-state index in [4.69, 9.17) is 9.84 Å². The molecule has 3 fully saturated rings. The summed E-state index contributed by atoms with van der Waals surface area (Å²) in [5.74, 6) is 0.894. The number of pyridine rings is 1. The van der Waals surface area contributed by atoms with E-state index in [1.165, 1.54) is 0 Å². The Bertz CT molecular complexity index is 2780. The van der Waals surface area contributed by atoms with Gasteiger partial charge in [0.2, 0.25) is 17.7 Å². The highest BCUT2D eigenvalue weighted by atomic mass is 19.3. The first-order valence-corrected chi connectivity index (χ1v) is 23.4. The maximum Gasteiger partial charge on any atom is 0.264 e. The summed E-state index contributed by atoms with van der Waals surface area (Å²) in [6, 6.07) is 10.9. The zero-order valence-corrected chi connectivity index (χ0v) is 37.3. The molecule has 11 rings (SSSR count). The van der Waals surface area contributed by atoms with Gasteiger partial charge in [0.25, 0.3) is 12.3 Å². The van der Waals surface area contributed by atoms with Gasteiger partial charge in [-0.2, -0.15) is 5.10 Å². The van der Waals surface area contributed by atoms with Gasteiger partial charge >= 0.3 is 0 Å². The summed E-state index contributed by atoms with van der Waals surface area (Å²) < 4.78 is 40.1. The third-order valence-electron chi connectivity index (χ3n) is 15.0. The Morgan fingerprint density at radius 3 is 2.55 bits per heavy atom. The number of nitrogens with one attached hydrogen (secondary N) is 1. The number of imide groups is 1. The van der Waals surface area contributed by atoms with Gasteiger partial charge in [0.1, 0.15) is 17.4 Å². The average molecular weight is 901 g/mol. The lowest BCUT2D eigenvalue weighted by molar-refractivity contribution is -0.137. The number of ether oxygens (including phenoxy) is 1. The van der Waals surface area contributed by atoms with E-state index in [-0.39, 0.29) is 35.7 Å². The van der Waals surface area contributed by atoms with E-state index in [0.29, 0.717) is 73.0 Å². The number of aromatic nitrogens is 4. The van der Waals surface area contributed by atoms with Gasteiger partial charge in [0, 0.05) is 124 Å². The normalized spacial score (nSPS) is 21.5. The molecule has 2 aromatic carbocycles. The van der Waals surface area contributed by atoms with Crippen LogP contribution in [-0.4, -0.2) is 116 Å². The first kappa shape index (κ1) is 42.3. The summed E-state index contributed by atoms with van der Waals surface area (Å²) in [5, 5.41) is 7.77. The molecule has 9 heterocycles. The van der Waals surface area contributed by atoms with Crippen molar-refractivity contribution in [3.63, 3.8) is 0 Å². The van der Waals surface area contributed by atoms with Crippen molar-refractivity contribution in [2.75, 3.05) is 62.7 Å². The van der Waals surface area contributed by atoms with Gasteiger partial charge in [-0.25, -0.2) is 13.8 Å². The molecule has 4 amide bonds. The molecule has 6 aliphatic rings. The van der Waals surface area contributed by atoms with Crippen molar-refractivity contribution >= 4 is 46.5 Å². The molecular formula is C49H54F2N10O5. The van der Waals surface area contributed by atoms with Crippen LogP contribution in [0.3, 0.4) is 0 Å². The largest absolute Gasteiger partial charge is 0.495 e. The van der Waals surface area contributed by atoms with Crippen molar-refractivity contribution < 1.29 is 32.7 Å². The number of piperidine rings is 2. The lowest BCUT2D eigenvalue weighted by atomic mass is 9.91. The van der Waals surface area contributed by atoms with Gasteiger partial charge in [0.05, 0.1) is 25.9 Å². The summed E-state index contributed by atoms with van der Waals surface area (Å²) in [4.78, 5) is 65.3. The number of imidazole rings is 1. The number of anilines is 3. The first-order chi connectivity index (χ1) is 32.0. The van der Waals surface area contributed by atoms with E-state index in [1.807, 2.05) is 27.5 Å². The minimum absolute atomic E-state index is 0.00731. The predicted molar refractivity (Wildman–Crippen MR) is 242 cm³/mol. The Hall–Kier alpha value is -6.36. The maximum absolute atomic E-state index is 15.2. The van der Waals surface area contributed by atoms with E-state index < -0.39 is 18.4 Å². The molecule has 0 saturated carbocycles. The number of carbonyl (C=O) groups excluding carboxylic acids is 4. The zero-order chi connectivity index (χ0) is 45.4. The molecule has 3 aromatic heterocycles. The number of methoxy groups -OCH3 is 1. The average Bonchev–Trinajstić information content (AvgIpc) is 4.13. The number of hydrogen-bond donors (Lipinski definition) is 1. The lowest BCUT2D eigenvalue weighted by Gasteiger charge is -2.35. The standard InChI is InChI=1S/C49H54F2N10O5/c1-29(62)56-18-12-40-39(27-56)47(59-14-3-4-31-21-36(38(46(50)51)22-42(31)59)37-23-44-52-13-19-58(44)28-43(37)66-2)54-61(40)33-10-15-55(16-11-33)24-30-9-17-57(25-30)34-5-6-35-32(20-34)26-60(49(35)65)41-7-8-45(63)53-48(41)64/h5-6,13,19-23,28,30,33,41,46H,3-4,7-12,14-18,24-27H2,1-2H3,(H,53,63,64)/t30-,41?/m0/s1. The number of fused-ring (bicyclic) bond motifs is 4. The van der Waals surface area contributed by atoms with Crippen LogP contribution in [0.15, 0.2) is 55.0 Å². The number of aryl methyl sites for hydroxylation is 1. The monoisotopic (exact) mass is 900 g/mol. The fourth-order valence-corrected chi connectivity index (χ4v) is 11.5. The molecule has 0 bridgehead atoms. The van der Waals surface area contributed by atoms with Crippen molar-refractivity contribution in [1.29, 1.82) is 0 Å². The van der Waals surface area contributed by atoms with E-state index in [2.05, 4.69) is 35.7 Å². The van der Waals surface area contributed by atoms with Gasteiger partial charge in [-0.3, -0.25) is 29.2 Å². The summed E-state index contributed by atoms with van der Waals surface area (Å²) in [6.07, 6.45) is 8.25. The van der Waals surface area contributed by atoms with Crippen LogP contribution in [0.1, 0.15) is 96.2 Å². The molecule has 0 radical (unpaired) electrons. The molecule has 6 aliphatic heterocycles. The predicted octanol–water partition coefficient (Wildman–Crippen LogP) is 6.06. The van der Waals surface area contributed by atoms with Gasteiger partial charge < -0.3 is 33.6 Å². The Balaban J connectivity index is 0.795. The summed E-state index contributed by atoms with van der Waals surface area (Å²) in [5.41, 5.74) is 8.05. The molecule has 1 N–H and O–H groups in total. The molecular weight excluding hydrogens is 847 g/mol. The Morgan fingerprint density at radius 1 is 0.909 bits per heavy atom. The highest BCUT2D eigenvalue weighted by Crippen LogP contribution is 2.46. The minimum atomic E-state index is -2.74. The maximum atomic E-state index is 15.2. The Morgan fingerprint density at radius 2 is 1.76 bits per heavy atom. The molecule has 0 spiro atoms. The number of halogens is 2. The number of rotatable bonds is 9. The van der Waals surface area contributed by atoms with E-state index in [9.17, 15) is 19.2 Å². The number of alkyl halides is 2. The van der Waals surface area contributed by atoms with Crippen molar-refractivity contribution in [2.45, 2.75) is 89.9 Å². The van der Waals surface area contributed by atoms with Crippen molar-refractivity contribution in [1.82, 2.24) is 39.2 Å². The lowest BCUT2D eigenvalue weighted by Crippen LogP contribution is -2.52. The molecule has 17 heteroatoms. The van der Waals surface area contributed by atoms with Crippen molar-refractivity contribution in [3.8, 4) is 16.9 Å². The fourth-order valence-electron chi connectivity index (χ4n) is 11.5. The minimum Gasteiger partial charge on any atom is -0.495 e. The SMILES string of the molecule is COc1cn2ccnc2cc1-c1cc2c(cc1C(F)F)N(c1nn(C3CCN(C[C@@H]4CCN(c5ccc6c(c5)CN(C5CCC(=O)NC5=O)C6=O)C4)CC3)c3c1CN(C(C)=O)CC3)CCC2. The van der Waals surface area contributed by atoms with Crippen LogP contribution >= 0.6 is 0 Å².